The number of imide groups is 1. The van der Waals surface area contributed by atoms with Crippen molar-refractivity contribution in [3.05, 3.63) is 76.5 Å². The zero-order valence-electron chi connectivity index (χ0n) is 13.3. The summed E-state index contributed by atoms with van der Waals surface area (Å²) < 4.78 is 0. The summed E-state index contributed by atoms with van der Waals surface area (Å²) in [6.45, 7) is 2.29. The van der Waals surface area contributed by atoms with Gasteiger partial charge in [0.2, 0.25) is 0 Å². The number of nitrogens with zero attached hydrogens (tertiary/aromatic N) is 1. The number of hydrogen-bond acceptors (Lipinski definition) is 3. The van der Waals surface area contributed by atoms with E-state index in [9.17, 15) is 9.59 Å². The van der Waals surface area contributed by atoms with Gasteiger partial charge in [0.05, 0.1) is 10.7 Å². The zero-order valence-corrected chi connectivity index (χ0v) is 14.0. The number of aryl methyl sites for hydroxylation is 1. The lowest BCUT2D eigenvalue weighted by atomic mass is 10.1. The smallest absolute Gasteiger partial charge is 0.277 e. The number of halogens is 1. The van der Waals surface area contributed by atoms with Crippen molar-refractivity contribution in [2.24, 2.45) is 0 Å². The van der Waals surface area contributed by atoms with E-state index in [4.69, 9.17) is 11.6 Å². The van der Waals surface area contributed by atoms with Crippen LogP contribution in [0.15, 0.2) is 60.3 Å². The van der Waals surface area contributed by atoms with Crippen molar-refractivity contribution in [1.82, 2.24) is 4.90 Å². The number of anilines is 1. The van der Waals surface area contributed by atoms with Gasteiger partial charge in [-0.05, 0) is 36.6 Å². The molecule has 2 amide bonds. The van der Waals surface area contributed by atoms with Crippen LogP contribution in [0.5, 0.6) is 0 Å². The quantitative estimate of drug-likeness (QED) is 0.847. The molecule has 0 atom stereocenters. The second-order valence-electron chi connectivity index (χ2n) is 5.70. The van der Waals surface area contributed by atoms with E-state index < -0.39 is 0 Å². The molecule has 0 aromatic heterocycles. The zero-order chi connectivity index (χ0) is 17.1. The highest BCUT2D eigenvalue weighted by Crippen LogP contribution is 2.26. The molecule has 0 fully saturated rings. The van der Waals surface area contributed by atoms with E-state index in [0.717, 1.165) is 11.1 Å². The number of amides is 2. The number of rotatable bonds is 5. The Bertz CT molecular complexity index is 815. The molecule has 0 saturated heterocycles. The monoisotopic (exact) mass is 340 g/mol. The van der Waals surface area contributed by atoms with Gasteiger partial charge in [-0.3, -0.25) is 14.5 Å². The second kappa shape index (κ2) is 6.89. The van der Waals surface area contributed by atoms with Crippen molar-refractivity contribution in [3.8, 4) is 0 Å². The van der Waals surface area contributed by atoms with Gasteiger partial charge < -0.3 is 5.32 Å². The lowest BCUT2D eigenvalue weighted by Gasteiger charge is -2.15. The second-order valence-corrected chi connectivity index (χ2v) is 6.10. The summed E-state index contributed by atoms with van der Waals surface area (Å²) in [6.07, 6.45) is 1.95. The van der Waals surface area contributed by atoms with Gasteiger partial charge in [0, 0.05) is 12.6 Å². The maximum absolute atomic E-state index is 12.5. The largest absolute Gasteiger partial charge is 0.350 e. The van der Waals surface area contributed by atoms with Crippen molar-refractivity contribution < 1.29 is 9.59 Å². The van der Waals surface area contributed by atoms with Crippen molar-refractivity contribution in [2.45, 2.75) is 13.3 Å². The third-order valence-corrected chi connectivity index (χ3v) is 4.18. The van der Waals surface area contributed by atoms with E-state index in [1.54, 1.807) is 12.1 Å². The summed E-state index contributed by atoms with van der Waals surface area (Å²) >= 11 is 6.17. The average Bonchev–Trinajstić information content (AvgIpc) is 2.83. The van der Waals surface area contributed by atoms with E-state index in [1.165, 1.54) is 11.0 Å². The van der Waals surface area contributed by atoms with E-state index >= 15 is 0 Å². The molecule has 0 bridgehead atoms. The fourth-order valence-corrected chi connectivity index (χ4v) is 2.84. The Kier molecular flexibility index (Phi) is 4.67. The predicted molar refractivity (Wildman–Crippen MR) is 94.8 cm³/mol. The Morgan fingerprint density at radius 2 is 1.83 bits per heavy atom. The Labute approximate surface area is 145 Å². The van der Waals surface area contributed by atoms with Gasteiger partial charge in [0.1, 0.15) is 5.70 Å². The molecule has 1 heterocycles. The van der Waals surface area contributed by atoms with Crippen molar-refractivity contribution in [2.75, 3.05) is 11.9 Å². The Balaban J connectivity index is 1.67. The van der Waals surface area contributed by atoms with Crippen LogP contribution in [0.3, 0.4) is 0 Å². The Morgan fingerprint density at radius 1 is 1.08 bits per heavy atom. The molecule has 0 saturated carbocycles. The number of nitrogens with one attached hydrogen (secondary N) is 1. The first kappa shape index (κ1) is 16.3. The van der Waals surface area contributed by atoms with Crippen molar-refractivity contribution >= 4 is 29.1 Å². The summed E-state index contributed by atoms with van der Waals surface area (Å²) in [6, 6.07) is 15.3. The van der Waals surface area contributed by atoms with Gasteiger partial charge in [-0.2, -0.15) is 0 Å². The number of benzene rings is 2. The van der Waals surface area contributed by atoms with E-state index in [-0.39, 0.29) is 17.5 Å². The average molecular weight is 341 g/mol. The molecule has 2 aromatic rings. The molecule has 1 aliphatic heterocycles. The molecular formula is C19H17ClN2O2. The number of hydrogen-bond donors (Lipinski definition) is 1. The van der Waals surface area contributed by atoms with Crippen molar-refractivity contribution in [3.63, 3.8) is 0 Å². The minimum Gasteiger partial charge on any atom is -0.350 e. The summed E-state index contributed by atoms with van der Waals surface area (Å²) in [5.74, 6) is -0.630. The summed E-state index contributed by atoms with van der Waals surface area (Å²) in [5.41, 5.74) is 2.97. The predicted octanol–water partition coefficient (Wildman–Crippen LogP) is 3.56. The molecular weight excluding hydrogens is 324 g/mol. The topological polar surface area (TPSA) is 49.4 Å². The van der Waals surface area contributed by atoms with Gasteiger partial charge in [-0.25, -0.2) is 0 Å². The highest BCUT2D eigenvalue weighted by atomic mass is 35.5. The normalized spacial score (nSPS) is 14.1. The van der Waals surface area contributed by atoms with Crippen LogP contribution in [0.2, 0.25) is 5.02 Å². The molecule has 0 aliphatic carbocycles. The third-order valence-electron chi connectivity index (χ3n) is 3.87. The standard InChI is InChI=1S/C19H17ClN2O2/c1-13-7-8-16(15(20)11-13)21-17-12-18(23)22(19(17)24)10-9-14-5-3-2-4-6-14/h2-8,11-12,21H,9-10H2,1H3. The molecule has 3 rings (SSSR count). The summed E-state index contributed by atoms with van der Waals surface area (Å²) in [4.78, 5) is 25.8. The van der Waals surface area contributed by atoms with Gasteiger partial charge >= 0.3 is 0 Å². The molecule has 1 aliphatic rings. The SMILES string of the molecule is Cc1ccc(NC2=CC(=O)N(CCc3ccccc3)C2=O)c(Cl)c1. The number of carbonyl (C=O) groups is 2. The minimum absolute atomic E-state index is 0.249. The van der Waals surface area contributed by atoms with Crippen molar-refractivity contribution in [1.29, 1.82) is 0 Å². The van der Waals surface area contributed by atoms with Gasteiger partial charge in [-0.15, -0.1) is 0 Å². The van der Waals surface area contributed by atoms with Crippen LogP contribution < -0.4 is 5.32 Å². The molecule has 122 valence electrons. The van der Waals surface area contributed by atoms with Gasteiger partial charge in [0.25, 0.3) is 11.8 Å². The Hall–Kier alpha value is -2.59. The molecule has 24 heavy (non-hydrogen) atoms. The first-order chi connectivity index (χ1) is 11.5. The Morgan fingerprint density at radius 3 is 2.54 bits per heavy atom. The highest BCUT2D eigenvalue weighted by molar-refractivity contribution is 6.33. The van der Waals surface area contributed by atoms with E-state index in [1.807, 2.05) is 43.3 Å². The van der Waals surface area contributed by atoms with Crippen LogP contribution in [-0.2, 0) is 16.0 Å². The van der Waals surface area contributed by atoms with Crippen LogP contribution in [0.25, 0.3) is 0 Å². The molecule has 1 N–H and O–H groups in total. The molecule has 2 aromatic carbocycles. The molecule has 0 radical (unpaired) electrons. The highest BCUT2D eigenvalue weighted by Gasteiger charge is 2.31. The molecule has 5 heteroatoms. The van der Waals surface area contributed by atoms with E-state index in [2.05, 4.69) is 5.32 Å². The fraction of sp³-hybridized carbons (Fsp3) is 0.158. The van der Waals surface area contributed by atoms with Crippen LogP contribution in [-0.4, -0.2) is 23.3 Å². The minimum atomic E-state index is -0.326. The molecule has 4 nitrogen and oxygen atoms in total. The van der Waals surface area contributed by atoms with Crippen LogP contribution in [0.1, 0.15) is 11.1 Å². The first-order valence-corrected chi connectivity index (χ1v) is 8.07. The lowest BCUT2D eigenvalue weighted by molar-refractivity contribution is -0.137. The maximum Gasteiger partial charge on any atom is 0.277 e. The fourth-order valence-electron chi connectivity index (χ4n) is 2.56. The summed E-state index contributed by atoms with van der Waals surface area (Å²) in [7, 11) is 0. The maximum atomic E-state index is 12.5. The summed E-state index contributed by atoms with van der Waals surface area (Å²) in [5, 5.41) is 3.47. The van der Waals surface area contributed by atoms with Gasteiger partial charge in [0.15, 0.2) is 0 Å². The van der Waals surface area contributed by atoms with E-state index in [0.29, 0.717) is 23.7 Å². The van der Waals surface area contributed by atoms with Gasteiger partial charge in [-0.1, -0.05) is 48.0 Å². The molecule has 0 unspecified atom stereocenters. The molecule has 0 spiro atoms. The van der Waals surface area contributed by atoms with Crippen LogP contribution in [0.4, 0.5) is 5.69 Å². The van der Waals surface area contributed by atoms with Crippen LogP contribution >= 0.6 is 11.6 Å². The third kappa shape index (κ3) is 3.49. The van der Waals surface area contributed by atoms with Crippen LogP contribution in [0, 0.1) is 6.92 Å². The first-order valence-electron chi connectivity index (χ1n) is 7.69. The lowest BCUT2D eigenvalue weighted by Crippen LogP contribution is -2.33. The number of carbonyl (C=O) groups excluding carboxylic acids is 2.